The first-order valence-corrected chi connectivity index (χ1v) is 10.1. The van der Waals surface area contributed by atoms with Crippen LogP contribution in [0.2, 0.25) is 0 Å². The molecule has 2 aromatic rings. The molecule has 0 aliphatic heterocycles. The quantitative estimate of drug-likeness (QED) is 0.261. The summed E-state index contributed by atoms with van der Waals surface area (Å²) in [6, 6.07) is 11.6. The van der Waals surface area contributed by atoms with Crippen LogP contribution in [-0.2, 0) is 6.54 Å². The average molecular weight is 543 g/mol. The van der Waals surface area contributed by atoms with Crippen LogP contribution in [0.15, 0.2) is 41.4 Å². The van der Waals surface area contributed by atoms with Crippen LogP contribution < -0.4 is 29.6 Å². The van der Waals surface area contributed by atoms with Gasteiger partial charge in [-0.3, -0.25) is 0 Å². The molecule has 0 heterocycles. The monoisotopic (exact) mass is 543 g/mol. The number of hydrogen-bond acceptors (Lipinski definition) is 5. The molecule has 0 spiro atoms. The molecular weight excluding hydrogens is 509 g/mol. The summed E-state index contributed by atoms with van der Waals surface area (Å²) in [5.41, 5.74) is 2.02. The highest BCUT2D eigenvalue weighted by Crippen LogP contribution is 2.30. The summed E-state index contributed by atoms with van der Waals surface area (Å²) in [7, 11) is 4.95. The minimum atomic E-state index is -0.0392. The van der Waals surface area contributed by atoms with Crippen LogP contribution >= 0.6 is 24.0 Å². The maximum atomic E-state index is 5.66. The predicted molar refractivity (Wildman–Crippen MR) is 135 cm³/mol. The van der Waals surface area contributed by atoms with Crippen molar-refractivity contribution < 1.29 is 18.9 Å². The van der Waals surface area contributed by atoms with Crippen LogP contribution in [-0.4, -0.2) is 40.4 Å². The summed E-state index contributed by atoms with van der Waals surface area (Å²) in [6.07, 6.45) is 0. The number of benzene rings is 2. The number of aliphatic imine (C=N–C) groups is 1. The second-order valence-corrected chi connectivity index (χ2v) is 6.59. The number of methoxy groups -OCH3 is 3. The molecular formula is C23H34IN3O4. The van der Waals surface area contributed by atoms with E-state index >= 15 is 0 Å². The van der Waals surface area contributed by atoms with Crippen LogP contribution in [0, 0.1) is 0 Å². The third-order valence-corrected chi connectivity index (χ3v) is 4.55. The van der Waals surface area contributed by atoms with E-state index in [0.29, 0.717) is 24.9 Å². The lowest BCUT2D eigenvalue weighted by Gasteiger charge is -2.21. The van der Waals surface area contributed by atoms with Gasteiger partial charge in [0.05, 0.1) is 40.5 Å². The summed E-state index contributed by atoms with van der Waals surface area (Å²) in [5.74, 6) is 3.73. The standard InChI is InChI=1S/C23H33N3O4.HI/c1-7-24-23(25-15-17-9-11-21(29-6)22(13-17)30-8-2)26-16(3)19-14-18(27-4)10-12-20(19)28-5;/h9-14,16H,7-8,15H2,1-6H3,(H2,24,25,26);1H. The zero-order valence-electron chi connectivity index (χ0n) is 19.2. The van der Waals surface area contributed by atoms with E-state index in [0.717, 1.165) is 34.9 Å². The summed E-state index contributed by atoms with van der Waals surface area (Å²) < 4.78 is 21.9. The number of ether oxygens (including phenoxy) is 4. The highest BCUT2D eigenvalue weighted by atomic mass is 127. The van der Waals surface area contributed by atoms with Gasteiger partial charge in [-0.1, -0.05) is 6.07 Å². The van der Waals surface area contributed by atoms with Gasteiger partial charge in [-0.15, -0.1) is 24.0 Å². The van der Waals surface area contributed by atoms with Crippen molar-refractivity contribution in [2.45, 2.75) is 33.4 Å². The second kappa shape index (κ2) is 13.8. The van der Waals surface area contributed by atoms with Crippen LogP contribution in [0.25, 0.3) is 0 Å². The Kier molecular flexibility index (Phi) is 11.9. The van der Waals surface area contributed by atoms with Crippen molar-refractivity contribution in [1.82, 2.24) is 10.6 Å². The molecule has 0 aromatic heterocycles. The molecule has 2 aromatic carbocycles. The SMILES string of the molecule is CCNC(=NCc1ccc(OC)c(OCC)c1)NC(C)c1cc(OC)ccc1OC.I. The van der Waals surface area contributed by atoms with Crippen molar-refractivity contribution in [1.29, 1.82) is 0 Å². The average Bonchev–Trinajstić information content (AvgIpc) is 2.77. The van der Waals surface area contributed by atoms with Gasteiger partial charge in [0.25, 0.3) is 0 Å². The van der Waals surface area contributed by atoms with Crippen LogP contribution in [0.3, 0.4) is 0 Å². The largest absolute Gasteiger partial charge is 0.497 e. The Balaban J connectivity index is 0.00000480. The zero-order valence-corrected chi connectivity index (χ0v) is 21.5. The third kappa shape index (κ3) is 7.68. The minimum Gasteiger partial charge on any atom is -0.497 e. The summed E-state index contributed by atoms with van der Waals surface area (Å²) in [5, 5.41) is 6.73. The number of rotatable bonds is 10. The highest BCUT2D eigenvalue weighted by Gasteiger charge is 2.14. The highest BCUT2D eigenvalue weighted by molar-refractivity contribution is 14.0. The first-order chi connectivity index (χ1) is 14.6. The van der Waals surface area contributed by atoms with E-state index < -0.39 is 0 Å². The molecule has 1 atom stereocenters. The summed E-state index contributed by atoms with van der Waals surface area (Å²) in [6.45, 7) is 7.88. The fraction of sp³-hybridized carbons (Fsp3) is 0.435. The Bertz CT molecular complexity index is 846. The third-order valence-electron chi connectivity index (χ3n) is 4.55. The Morgan fingerprint density at radius 3 is 2.26 bits per heavy atom. The van der Waals surface area contributed by atoms with Gasteiger partial charge in [0, 0.05) is 12.1 Å². The molecule has 0 amide bonds. The van der Waals surface area contributed by atoms with Crippen molar-refractivity contribution in [3.63, 3.8) is 0 Å². The molecule has 8 heteroatoms. The molecule has 31 heavy (non-hydrogen) atoms. The molecule has 0 fully saturated rings. The number of nitrogens with one attached hydrogen (secondary N) is 2. The molecule has 172 valence electrons. The van der Waals surface area contributed by atoms with Crippen molar-refractivity contribution in [2.24, 2.45) is 4.99 Å². The van der Waals surface area contributed by atoms with E-state index in [4.69, 9.17) is 23.9 Å². The smallest absolute Gasteiger partial charge is 0.192 e. The molecule has 0 saturated heterocycles. The van der Waals surface area contributed by atoms with Crippen molar-refractivity contribution in [3.05, 3.63) is 47.5 Å². The van der Waals surface area contributed by atoms with E-state index in [1.54, 1.807) is 21.3 Å². The lowest BCUT2D eigenvalue weighted by molar-refractivity contribution is 0.310. The molecule has 7 nitrogen and oxygen atoms in total. The van der Waals surface area contributed by atoms with Gasteiger partial charge in [0.1, 0.15) is 11.5 Å². The molecule has 0 bridgehead atoms. The topological polar surface area (TPSA) is 73.3 Å². The van der Waals surface area contributed by atoms with E-state index in [1.165, 1.54) is 0 Å². The number of guanidine groups is 1. The van der Waals surface area contributed by atoms with E-state index in [-0.39, 0.29) is 30.0 Å². The van der Waals surface area contributed by atoms with E-state index in [1.807, 2.05) is 50.2 Å². The summed E-state index contributed by atoms with van der Waals surface area (Å²) in [4.78, 5) is 4.73. The first kappa shape index (κ1) is 26.7. The Morgan fingerprint density at radius 1 is 0.935 bits per heavy atom. The molecule has 0 aliphatic rings. The fourth-order valence-electron chi connectivity index (χ4n) is 3.04. The first-order valence-electron chi connectivity index (χ1n) is 10.1. The minimum absolute atomic E-state index is 0. The van der Waals surface area contributed by atoms with Crippen molar-refractivity contribution in [2.75, 3.05) is 34.5 Å². The Labute approximate surface area is 202 Å². The molecule has 2 N–H and O–H groups in total. The van der Waals surface area contributed by atoms with Gasteiger partial charge in [-0.05, 0) is 56.7 Å². The summed E-state index contributed by atoms with van der Waals surface area (Å²) >= 11 is 0. The van der Waals surface area contributed by atoms with E-state index in [2.05, 4.69) is 17.6 Å². The predicted octanol–water partition coefficient (Wildman–Crippen LogP) is 4.55. The van der Waals surface area contributed by atoms with Gasteiger partial charge in [-0.2, -0.15) is 0 Å². The van der Waals surface area contributed by atoms with Gasteiger partial charge in [-0.25, -0.2) is 4.99 Å². The Morgan fingerprint density at radius 2 is 1.65 bits per heavy atom. The Hall–Kier alpha value is -2.36. The van der Waals surface area contributed by atoms with Gasteiger partial charge in [0.2, 0.25) is 0 Å². The molecule has 0 saturated carbocycles. The molecule has 0 aliphatic carbocycles. The lowest BCUT2D eigenvalue weighted by atomic mass is 10.1. The molecule has 2 rings (SSSR count). The second-order valence-electron chi connectivity index (χ2n) is 6.59. The maximum Gasteiger partial charge on any atom is 0.192 e. The fourth-order valence-corrected chi connectivity index (χ4v) is 3.04. The van der Waals surface area contributed by atoms with Crippen LogP contribution in [0.5, 0.6) is 23.0 Å². The number of nitrogens with zero attached hydrogens (tertiary/aromatic N) is 1. The van der Waals surface area contributed by atoms with Gasteiger partial charge in [0.15, 0.2) is 17.5 Å². The van der Waals surface area contributed by atoms with Gasteiger partial charge < -0.3 is 29.6 Å². The lowest BCUT2D eigenvalue weighted by Crippen LogP contribution is -2.38. The zero-order chi connectivity index (χ0) is 21.9. The number of hydrogen-bond donors (Lipinski definition) is 2. The van der Waals surface area contributed by atoms with Gasteiger partial charge >= 0.3 is 0 Å². The number of halogens is 1. The van der Waals surface area contributed by atoms with Crippen molar-refractivity contribution >= 4 is 29.9 Å². The maximum absolute atomic E-state index is 5.66. The van der Waals surface area contributed by atoms with E-state index in [9.17, 15) is 0 Å². The normalized spacial score (nSPS) is 11.7. The molecule has 0 radical (unpaired) electrons. The molecule has 1 unspecified atom stereocenters. The van der Waals surface area contributed by atoms with Crippen LogP contribution in [0.1, 0.15) is 37.9 Å². The van der Waals surface area contributed by atoms with Crippen molar-refractivity contribution in [3.8, 4) is 23.0 Å². The van der Waals surface area contributed by atoms with Crippen LogP contribution in [0.4, 0.5) is 0 Å².